The fourth-order valence-electron chi connectivity index (χ4n) is 2.13. The lowest BCUT2D eigenvalue weighted by molar-refractivity contribution is -0.129. The normalized spacial score (nSPS) is 22.2. The number of rotatable bonds is 1. The molecule has 0 aromatic carbocycles. The van der Waals surface area contributed by atoms with Crippen molar-refractivity contribution in [2.45, 2.75) is 53.0 Å². The van der Waals surface area contributed by atoms with Gasteiger partial charge in [0.05, 0.1) is 0 Å². The lowest BCUT2D eigenvalue weighted by Gasteiger charge is -2.33. The van der Waals surface area contributed by atoms with Crippen LogP contribution in [-0.4, -0.2) is 23.4 Å². The molecule has 17 heavy (non-hydrogen) atoms. The van der Waals surface area contributed by atoms with Crippen molar-refractivity contribution in [3.8, 4) is 6.07 Å². The molecule has 0 saturated carbocycles. The molecule has 1 aliphatic rings. The molecule has 3 heteroatoms. The van der Waals surface area contributed by atoms with Crippen molar-refractivity contribution >= 4 is 5.91 Å². The van der Waals surface area contributed by atoms with E-state index in [9.17, 15) is 4.79 Å². The number of carbonyl (C=O) groups excluding carboxylic acids is 1. The van der Waals surface area contributed by atoms with Crippen LogP contribution in [0, 0.1) is 16.7 Å². The summed E-state index contributed by atoms with van der Waals surface area (Å²) >= 11 is 0. The van der Waals surface area contributed by atoms with E-state index in [0.29, 0.717) is 0 Å². The summed E-state index contributed by atoms with van der Waals surface area (Å²) in [6.45, 7) is 8.83. The molecule has 1 aliphatic heterocycles. The van der Waals surface area contributed by atoms with Crippen molar-refractivity contribution < 1.29 is 4.79 Å². The number of carbonyl (C=O) groups is 1. The highest BCUT2D eigenvalue weighted by atomic mass is 16.2. The van der Waals surface area contributed by atoms with Gasteiger partial charge in [-0.05, 0) is 31.6 Å². The quantitative estimate of drug-likeness (QED) is 0.517. The minimum Gasteiger partial charge on any atom is -0.335 e. The van der Waals surface area contributed by atoms with Crippen molar-refractivity contribution in [1.82, 2.24) is 4.90 Å². The van der Waals surface area contributed by atoms with Crippen LogP contribution in [0.5, 0.6) is 0 Å². The predicted molar refractivity (Wildman–Crippen MR) is 68.2 cm³/mol. The summed E-state index contributed by atoms with van der Waals surface area (Å²) in [6.07, 6.45) is 5.04. The average Bonchev–Trinajstić information content (AvgIpc) is 2.24. The van der Waals surface area contributed by atoms with Gasteiger partial charge in [-0.25, -0.2) is 0 Å². The zero-order valence-corrected chi connectivity index (χ0v) is 11.3. The van der Waals surface area contributed by atoms with Crippen LogP contribution in [-0.2, 0) is 4.79 Å². The van der Waals surface area contributed by atoms with E-state index in [4.69, 9.17) is 5.26 Å². The molecule has 1 heterocycles. The lowest BCUT2D eigenvalue weighted by Crippen LogP contribution is -2.42. The summed E-state index contributed by atoms with van der Waals surface area (Å²) in [5, 5.41) is 9.11. The minimum atomic E-state index is -0.139. The molecule has 0 aromatic heterocycles. The number of amides is 1. The van der Waals surface area contributed by atoms with E-state index in [1.54, 1.807) is 6.08 Å². The Morgan fingerprint density at radius 3 is 2.53 bits per heavy atom. The van der Waals surface area contributed by atoms with Gasteiger partial charge in [0.15, 0.2) is 0 Å². The summed E-state index contributed by atoms with van der Waals surface area (Å²) in [6, 6.07) is 2.30. The van der Waals surface area contributed by atoms with E-state index in [0.717, 1.165) is 19.4 Å². The van der Waals surface area contributed by atoms with Gasteiger partial charge in [0.25, 0.3) is 5.91 Å². The van der Waals surface area contributed by atoms with Crippen LogP contribution in [0.25, 0.3) is 0 Å². The van der Waals surface area contributed by atoms with Crippen molar-refractivity contribution in [2.75, 3.05) is 6.54 Å². The molecule has 1 rings (SSSR count). The standard InChI is InChI=1S/C14H22N2O/c1-11-7-5-6-8-16(11)13(17)12(10-15)9-14(2,3)4/h9,11H,5-8H2,1-4H3/t11-/m0/s1. The van der Waals surface area contributed by atoms with Crippen LogP contribution in [0.1, 0.15) is 47.0 Å². The van der Waals surface area contributed by atoms with Gasteiger partial charge in [-0.3, -0.25) is 4.79 Å². The molecular weight excluding hydrogens is 212 g/mol. The first kappa shape index (κ1) is 13.8. The Morgan fingerprint density at radius 1 is 1.41 bits per heavy atom. The zero-order valence-electron chi connectivity index (χ0n) is 11.3. The smallest absolute Gasteiger partial charge is 0.264 e. The van der Waals surface area contributed by atoms with E-state index in [2.05, 4.69) is 6.92 Å². The van der Waals surface area contributed by atoms with Crippen molar-refractivity contribution in [2.24, 2.45) is 5.41 Å². The maximum absolute atomic E-state index is 12.3. The van der Waals surface area contributed by atoms with Crippen LogP contribution in [0.15, 0.2) is 11.6 Å². The fourth-order valence-corrected chi connectivity index (χ4v) is 2.13. The van der Waals surface area contributed by atoms with Crippen molar-refractivity contribution in [3.05, 3.63) is 11.6 Å². The van der Waals surface area contributed by atoms with Gasteiger partial charge in [0, 0.05) is 12.6 Å². The lowest BCUT2D eigenvalue weighted by atomic mass is 9.93. The zero-order chi connectivity index (χ0) is 13.1. The molecule has 0 aliphatic carbocycles. The SMILES string of the molecule is C[C@H]1CCCCN1C(=O)C(C#N)=CC(C)(C)C. The Kier molecular flexibility index (Phi) is 4.34. The maximum Gasteiger partial charge on any atom is 0.264 e. The van der Waals surface area contributed by atoms with E-state index in [1.807, 2.05) is 31.7 Å². The van der Waals surface area contributed by atoms with Gasteiger partial charge in [-0.1, -0.05) is 26.8 Å². The monoisotopic (exact) mass is 234 g/mol. The molecule has 3 nitrogen and oxygen atoms in total. The van der Waals surface area contributed by atoms with E-state index in [-0.39, 0.29) is 22.9 Å². The molecule has 0 bridgehead atoms. The number of piperidine rings is 1. The van der Waals surface area contributed by atoms with Crippen LogP contribution in [0.4, 0.5) is 0 Å². The molecule has 1 amide bonds. The van der Waals surface area contributed by atoms with Crippen LogP contribution < -0.4 is 0 Å². The fraction of sp³-hybridized carbons (Fsp3) is 0.714. The average molecular weight is 234 g/mol. The Balaban J connectivity index is 2.87. The summed E-state index contributed by atoms with van der Waals surface area (Å²) < 4.78 is 0. The first-order valence-electron chi connectivity index (χ1n) is 6.29. The maximum atomic E-state index is 12.3. The molecule has 0 unspecified atom stereocenters. The van der Waals surface area contributed by atoms with E-state index in [1.165, 1.54) is 6.42 Å². The summed E-state index contributed by atoms with van der Waals surface area (Å²) in [7, 11) is 0. The Bertz CT molecular complexity index is 357. The number of nitriles is 1. The third-order valence-corrected chi connectivity index (χ3v) is 2.99. The Labute approximate surface area is 104 Å². The predicted octanol–water partition coefficient (Wildman–Crippen LogP) is 2.88. The summed E-state index contributed by atoms with van der Waals surface area (Å²) in [5.41, 5.74) is 0.144. The van der Waals surface area contributed by atoms with E-state index >= 15 is 0 Å². The molecule has 0 spiro atoms. The van der Waals surface area contributed by atoms with Crippen molar-refractivity contribution in [1.29, 1.82) is 5.26 Å². The van der Waals surface area contributed by atoms with Gasteiger partial charge in [-0.2, -0.15) is 5.26 Å². The molecule has 1 saturated heterocycles. The van der Waals surface area contributed by atoms with Crippen LogP contribution in [0.2, 0.25) is 0 Å². The van der Waals surface area contributed by atoms with E-state index < -0.39 is 0 Å². The largest absolute Gasteiger partial charge is 0.335 e. The summed E-state index contributed by atoms with van der Waals surface area (Å²) in [5.74, 6) is -0.102. The highest BCUT2D eigenvalue weighted by molar-refractivity contribution is 5.97. The van der Waals surface area contributed by atoms with Gasteiger partial charge in [-0.15, -0.1) is 0 Å². The highest BCUT2D eigenvalue weighted by Gasteiger charge is 2.26. The first-order chi connectivity index (χ1) is 7.85. The topological polar surface area (TPSA) is 44.1 Å². The molecule has 0 aromatic rings. The molecule has 0 radical (unpaired) electrons. The number of nitrogens with zero attached hydrogens (tertiary/aromatic N) is 2. The van der Waals surface area contributed by atoms with Gasteiger partial charge < -0.3 is 4.90 Å². The molecule has 0 N–H and O–H groups in total. The molecule has 1 fully saturated rings. The summed E-state index contributed by atoms with van der Waals surface area (Å²) in [4.78, 5) is 14.1. The second-order valence-corrected chi connectivity index (χ2v) is 5.88. The third kappa shape index (κ3) is 3.89. The number of hydrogen-bond acceptors (Lipinski definition) is 2. The third-order valence-electron chi connectivity index (χ3n) is 2.99. The molecule has 94 valence electrons. The molecule has 1 atom stereocenters. The number of likely N-dealkylation sites (tertiary alicyclic amines) is 1. The second kappa shape index (κ2) is 5.35. The van der Waals surface area contributed by atoms with Crippen LogP contribution in [0.3, 0.4) is 0 Å². The number of allylic oxidation sites excluding steroid dienone is 1. The second-order valence-electron chi connectivity index (χ2n) is 5.88. The van der Waals surface area contributed by atoms with Gasteiger partial charge >= 0.3 is 0 Å². The first-order valence-corrected chi connectivity index (χ1v) is 6.29. The highest BCUT2D eigenvalue weighted by Crippen LogP contribution is 2.22. The Hall–Kier alpha value is -1.30. The minimum absolute atomic E-state index is 0.102. The van der Waals surface area contributed by atoms with Gasteiger partial charge in [0.2, 0.25) is 0 Å². The van der Waals surface area contributed by atoms with Crippen LogP contribution >= 0.6 is 0 Å². The molecular formula is C14H22N2O. The number of hydrogen-bond donors (Lipinski definition) is 0. The van der Waals surface area contributed by atoms with Gasteiger partial charge in [0.1, 0.15) is 11.6 Å². The van der Waals surface area contributed by atoms with Crippen molar-refractivity contribution in [3.63, 3.8) is 0 Å². The Morgan fingerprint density at radius 2 is 2.06 bits per heavy atom.